The third-order valence-electron chi connectivity index (χ3n) is 4.52. The van der Waals surface area contributed by atoms with Crippen LogP contribution in [0.15, 0.2) is 64.9 Å². The number of halogens is 4. The summed E-state index contributed by atoms with van der Waals surface area (Å²) >= 11 is 1.71. The summed E-state index contributed by atoms with van der Waals surface area (Å²) in [5.74, 6) is -0.307. The van der Waals surface area contributed by atoms with Gasteiger partial charge in [0.1, 0.15) is 11.5 Å². The number of allylic oxidation sites excluding steroid dienone is 2. The van der Waals surface area contributed by atoms with Gasteiger partial charge in [0, 0.05) is 35.6 Å². The smallest absolute Gasteiger partial charge is 0.383 e. The number of carbonyl (C=O) groups excluding carboxylic acids is 1. The molecule has 32 heavy (non-hydrogen) atoms. The minimum Gasteiger partial charge on any atom is -0.383 e. The van der Waals surface area contributed by atoms with Crippen LogP contribution in [0.1, 0.15) is 41.5 Å². The first-order valence-corrected chi connectivity index (χ1v) is 10.5. The molecule has 0 saturated heterocycles. The second-order valence-corrected chi connectivity index (χ2v) is 8.21. The highest BCUT2D eigenvalue weighted by Crippen LogP contribution is 2.27. The highest BCUT2D eigenvalue weighted by Gasteiger charge is 2.32. The number of alkyl halides is 3. The first-order chi connectivity index (χ1) is 15.1. The molecule has 0 fully saturated rings. The highest BCUT2D eigenvalue weighted by molar-refractivity contribution is 8.04. The predicted molar refractivity (Wildman–Crippen MR) is 118 cm³/mol. The molecule has 10 heteroatoms. The SMILES string of the molecule is CC1=CC(=NC=CNC(C)c2cc(NC(=O)c3ccc(C(F)(F)F)nc3)ccc2F)CS1. The van der Waals surface area contributed by atoms with Crippen molar-refractivity contribution in [2.75, 3.05) is 11.1 Å². The van der Waals surface area contributed by atoms with E-state index in [2.05, 4.69) is 20.6 Å². The number of aliphatic imine (C=N–C) groups is 1. The van der Waals surface area contributed by atoms with Gasteiger partial charge in [0.2, 0.25) is 0 Å². The molecule has 2 N–H and O–H groups in total. The summed E-state index contributed by atoms with van der Waals surface area (Å²) in [6, 6.07) is 5.38. The number of carbonyl (C=O) groups is 1. The molecule has 1 amide bonds. The number of pyridine rings is 1. The Labute approximate surface area is 186 Å². The molecule has 1 aliphatic heterocycles. The van der Waals surface area contributed by atoms with E-state index < -0.39 is 29.6 Å². The Bertz CT molecular complexity index is 1080. The van der Waals surface area contributed by atoms with Gasteiger partial charge in [-0.3, -0.25) is 14.8 Å². The summed E-state index contributed by atoms with van der Waals surface area (Å²) < 4.78 is 52.1. The highest BCUT2D eigenvalue weighted by atomic mass is 32.2. The quantitative estimate of drug-likeness (QED) is 0.538. The molecular weight excluding hydrogens is 444 g/mol. The van der Waals surface area contributed by atoms with Gasteiger partial charge in [0.05, 0.1) is 17.3 Å². The number of rotatable bonds is 6. The zero-order valence-electron chi connectivity index (χ0n) is 17.2. The van der Waals surface area contributed by atoms with Crippen molar-refractivity contribution in [2.45, 2.75) is 26.1 Å². The molecule has 168 valence electrons. The maximum atomic E-state index is 14.3. The normalized spacial score (nSPS) is 16.3. The summed E-state index contributed by atoms with van der Waals surface area (Å²) in [4.78, 5) is 21.1. The maximum Gasteiger partial charge on any atom is 0.433 e. The number of aromatic nitrogens is 1. The Morgan fingerprint density at radius 2 is 2.06 bits per heavy atom. The van der Waals surface area contributed by atoms with Crippen molar-refractivity contribution in [1.29, 1.82) is 0 Å². The van der Waals surface area contributed by atoms with Crippen molar-refractivity contribution in [3.63, 3.8) is 0 Å². The topological polar surface area (TPSA) is 66.4 Å². The molecule has 1 aliphatic rings. The molecule has 1 aromatic carbocycles. The van der Waals surface area contributed by atoms with Crippen LogP contribution in [0.25, 0.3) is 0 Å². The monoisotopic (exact) mass is 464 g/mol. The Morgan fingerprint density at radius 3 is 2.69 bits per heavy atom. The van der Waals surface area contributed by atoms with Gasteiger partial charge >= 0.3 is 6.18 Å². The molecule has 3 rings (SSSR count). The number of nitrogens with zero attached hydrogens (tertiary/aromatic N) is 2. The Morgan fingerprint density at radius 1 is 1.28 bits per heavy atom. The zero-order valence-corrected chi connectivity index (χ0v) is 18.0. The van der Waals surface area contributed by atoms with Crippen LogP contribution in [0, 0.1) is 5.82 Å². The van der Waals surface area contributed by atoms with Crippen molar-refractivity contribution in [2.24, 2.45) is 4.99 Å². The summed E-state index contributed by atoms with van der Waals surface area (Å²) in [7, 11) is 0. The lowest BCUT2D eigenvalue weighted by atomic mass is 10.1. The lowest BCUT2D eigenvalue weighted by molar-refractivity contribution is -0.141. The first kappa shape index (κ1) is 23.5. The average molecular weight is 464 g/mol. The van der Waals surface area contributed by atoms with Crippen LogP contribution >= 0.6 is 11.8 Å². The number of hydrogen-bond donors (Lipinski definition) is 2. The van der Waals surface area contributed by atoms with Crippen LogP contribution in [0.5, 0.6) is 0 Å². The van der Waals surface area contributed by atoms with E-state index in [4.69, 9.17) is 0 Å². The molecular formula is C22H20F4N4OS. The number of amides is 1. The average Bonchev–Trinajstić information content (AvgIpc) is 3.17. The minimum atomic E-state index is -4.59. The molecule has 0 bridgehead atoms. The minimum absolute atomic E-state index is 0.0496. The van der Waals surface area contributed by atoms with E-state index in [0.717, 1.165) is 29.8 Å². The molecule has 1 aromatic heterocycles. The maximum absolute atomic E-state index is 14.3. The van der Waals surface area contributed by atoms with E-state index in [1.54, 1.807) is 31.1 Å². The van der Waals surface area contributed by atoms with Crippen LogP contribution in [0.4, 0.5) is 23.2 Å². The molecule has 1 atom stereocenters. The van der Waals surface area contributed by atoms with Crippen molar-refractivity contribution in [3.05, 3.63) is 82.5 Å². The van der Waals surface area contributed by atoms with Crippen molar-refractivity contribution in [3.8, 4) is 0 Å². The lowest BCUT2D eigenvalue weighted by Crippen LogP contribution is -2.16. The molecule has 1 unspecified atom stereocenters. The number of hydrogen-bond acceptors (Lipinski definition) is 5. The molecule has 5 nitrogen and oxygen atoms in total. The summed E-state index contributed by atoms with van der Waals surface area (Å²) in [5.41, 5.74) is 0.415. The van der Waals surface area contributed by atoms with Gasteiger partial charge in [-0.1, -0.05) is 0 Å². The largest absolute Gasteiger partial charge is 0.433 e. The van der Waals surface area contributed by atoms with Gasteiger partial charge in [-0.05, 0) is 55.2 Å². The Hall–Kier alpha value is -3.14. The number of nitrogens with one attached hydrogen (secondary N) is 2. The van der Waals surface area contributed by atoms with E-state index in [1.807, 2.05) is 13.0 Å². The van der Waals surface area contributed by atoms with Crippen molar-refractivity contribution < 1.29 is 22.4 Å². The van der Waals surface area contributed by atoms with Gasteiger partial charge in [-0.15, -0.1) is 11.8 Å². The Kier molecular flexibility index (Phi) is 7.34. The van der Waals surface area contributed by atoms with E-state index in [1.165, 1.54) is 23.1 Å². The third-order valence-corrected chi connectivity index (χ3v) is 5.53. The third kappa shape index (κ3) is 6.19. The first-order valence-electron chi connectivity index (χ1n) is 9.56. The van der Waals surface area contributed by atoms with Crippen LogP contribution < -0.4 is 10.6 Å². The van der Waals surface area contributed by atoms with Crippen LogP contribution in [0.3, 0.4) is 0 Å². The number of anilines is 1. The fraction of sp³-hybridized carbons (Fsp3) is 0.227. The van der Waals surface area contributed by atoms with Crippen LogP contribution in [-0.4, -0.2) is 22.4 Å². The van der Waals surface area contributed by atoms with E-state index >= 15 is 0 Å². The second-order valence-electron chi connectivity index (χ2n) is 6.99. The fourth-order valence-electron chi connectivity index (χ4n) is 2.84. The van der Waals surface area contributed by atoms with Crippen molar-refractivity contribution >= 4 is 29.1 Å². The van der Waals surface area contributed by atoms with E-state index in [9.17, 15) is 22.4 Å². The molecule has 0 saturated carbocycles. The van der Waals surface area contributed by atoms with Gasteiger partial charge in [0.25, 0.3) is 5.91 Å². The number of benzene rings is 1. The fourth-order valence-corrected chi connectivity index (χ4v) is 3.60. The Balaban J connectivity index is 1.65. The summed E-state index contributed by atoms with van der Waals surface area (Å²) in [6.45, 7) is 3.76. The summed E-state index contributed by atoms with van der Waals surface area (Å²) in [5, 5.41) is 5.57. The molecule has 0 aliphatic carbocycles. The summed E-state index contributed by atoms with van der Waals surface area (Å²) in [6.07, 6.45) is 1.47. The second kappa shape index (κ2) is 9.99. The van der Waals surface area contributed by atoms with E-state index in [-0.39, 0.29) is 5.56 Å². The van der Waals surface area contributed by atoms with Crippen molar-refractivity contribution in [1.82, 2.24) is 10.3 Å². The lowest BCUT2D eigenvalue weighted by Gasteiger charge is -2.15. The van der Waals surface area contributed by atoms with Gasteiger partial charge in [-0.25, -0.2) is 4.39 Å². The molecule has 0 radical (unpaired) electrons. The van der Waals surface area contributed by atoms with Gasteiger partial charge in [-0.2, -0.15) is 13.2 Å². The molecule has 2 aromatic rings. The van der Waals surface area contributed by atoms with Crippen LogP contribution in [-0.2, 0) is 6.18 Å². The zero-order chi connectivity index (χ0) is 23.3. The number of thioether (sulfide) groups is 1. The molecule has 0 spiro atoms. The standard InChI is InChI=1S/C22H20F4N4OS/c1-13-9-17(12-32-13)28-8-7-27-14(2)18-10-16(4-5-19(18)23)30-21(31)15-3-6-20(29-11-15)22(24,25)26/h3-11,14,27H,12H2,1-2H3,(H,30,31). The predicted octanol–water partition coefficient (Wildman–Crippen LogP) is 5.71. The van der Waals surface area contributed by atoms with Gasteiger partial charge in [0.15, 0.2) is 0 Å². The van der Waals surface area contributed by atoms with E-state index in [0.29, 0.717) is 11.3 Å². The van der Waals surface area contributed by atoms with Crippen LogP contribution in [0.2, 0.25) is 0 Å². The molecule has 2 heterocycles. The van der Waals surface area contributed by atoms with Gasteiger partial charge < -0.3 is 10.6 Å².